The van der Waals surface area contributed by atoms with Crippen molar-refractivity contribution in [1.29, 1.82) is 0 Å². The van der Waals surface area contributed by atoms with Gasteiger partial charge in [-0.2, -0.15) is 18.3 Å². The molecule has 0 unspecified atom stereocenters. The van der Waals surface area contributed by atoms with E-state index in [2.05, 4.69) is 15.5 Å². The highest BCUT2D eigenvalue weighted by Crippen LogP contribution is 2.30. The molecule has 3 aromatic rings. The number of alkyl halides is 3. The van der Waals surface area contributed by atoms with Gasteiger partial charge in [0.1, 0.15) is 0 Å². The second kappa shape index (κ2) is 6.80. The van der Waals surface area contributed by atoms with Crippen LogP contribution in [-0.2, 0) is 6.18 Å². The molecule has 0 atom stereocenters. The Bertz CT molecular complexity index is 866. The van der Waals surface area contributed by atoms with E-state index in [4.69, 9.17) is 0 Å². The maximum atomic E-state index is 12.7. The van der Waals surface area contributed by atoms with Crippen LogP contribution >= 0.6 is 0 Å². The molecule has 25 heavy (non-hydrogen) atoms. The van der Waals surface area contributed by atoms with Gasteiger partial charge in [0.2, 0.25) is 0 Å². The Labute approximate surface area is 142 Å². The highest BCUT2D eigenvalue weighted by Gasteiger charge is 2.30. The monoisotopic (exact) mass is 344 g/mol. The summed E-state index contributed by atoms with van der Waals surface area (Å²) in [5, 5.41) is 4.16. The predicted molar refractivity (Wildman–Crippen MR) is 90.8 cm³/mol. The van der Waals surface area contributed by atoms with Crippen molar-refractivity contribution < 1.29 is 13.2 Å². The Balaban J connectivity index is 1.74. The third-order valence-corrected chi connectivity index (χ3v) is 3.63. The summed E-state index contributed by atoms with van der Waals surface area (Å²) in [7, 11) is 0. The van der Waals surface area contributed by atoms with Gasteiger partial charge in [0, 0.05) is 18.1 Å². The maximum Gasteiger partial charge on any atom is 0.416 e. The molecule has 1 N–H and O–H groups in total. The average molecular weight is 344 g/mol. The van der Waals surface area contributed by atoms with Gasteiger partial charge in [-0.3, -0.25) is 5.43 Å². The molecule has 2 aromatic carbocycles. The third-order valence-electron chi connectivity index (χ3n) is 3.63. The van der Waals surface area contributed by atoms with Gasteiger partial charge < -0.3 is 4.57 Å². The molecule has 0 radical (unpaired) electrons. The van der Waals surface area contributed by atoms with Gasteiger partial charge in [0.25, 0.3) is 0 Å². The normalized spacial score (nSPS) is 12.2. The van der Waals surface area contributed by atoms with Crippen molar-refractivity contribution in [1.82, 2.24) is 9.55 Å². The van der Waals surface area contributed by atoms with Crippen LogP contribution in [-0.4, -0.2) is 15.3 Å². The van der Waals surface area contributed by atoms with Crippen LogP contribution in [0.25, 0.3) is 5.69 Å². The summed E-state index contributed by atoms with van der Waals surface area (Å²) in [5.74, 6) is 0. The largest absolute Gasteiger partial charge is 0.416 e. The molecule has 0 spiro atoms. The lowest BCUT2D eigenvalue weighted by Gasteiger charge is -2.09. The van der Waals surface area contributed by atoms with Crippen LogP contribution in [0.2, 0.25) is 0 Å². The van der Waals surface area contributed by atoms with Crippen molar-refractivity contribution in [3.63, 3.8) is 0 Å². The van der Waals surface area contributed by atoms with Crippen LogP contribution in [0.4, 0.5) is 18.9 Å². The number of nitrogens with zero attached hydrogens (tertiary/aromatic N) is 3. The second-order valence-corrected chi connectivity index (χ2v) is 5.40. The average Bonchev–Trinajstić information content (AvgIpc) is 3.14. The molecule has 0 saturated heterocycles. The standard InChI is InChI=1S/C18H15F3N4/c1-13(14-5-7-17(8-6-14)25-10-9-22-12-25)23-24-16-4-2-3-15(11-16)18(19,20)21/h2-12,24H,1H3/b23-13-. The Morgan fingerprint density at radius 3 is 2.52 bits per heavy atom. The molecule has 4 nitrogen and oxygen atoms in total. The highest BCUT2D eigenvalue weighted by atomic mass is 19.4. The summed E-state index contributed by atoms with van der Waals surface area (Å²) in [6, 6.07) is 12.5. The topological polar surface area (TPSA) is 42.2 Å². The van der Waals surface area contributed by atoms with E-state index in [1.54, 1.807) is 19.4 Å². The number of nitrogens with one attached hydrogen (secondary N) is 1. The van der Waals surface area contributed by atoms with Crippen molar-refractivity contribution >= 4 is 11.4 Å². The molecule has 0 aliphatic carbocycles. The van der Waals surface area contributed by atoms with E-state index >= 15 is 0 Å². The fraction of sp³-hybridized carbons (Fsp3) is 0.111. The summed E-state index contributed by atoms with van der Waals surface area (Å²) in [4.78, 5) is 3.99. The zero-order chi connectivity index (χ0) is 17.9. The number of hydrazone groups is 1. The lowest BCUT2D eigenvalue weighted by molar-refractivity contribution is -0.137. The minimum Gasteiger partial charge on any atom is -0.306 e. The van der Waals surface area contributed by atoms with Crippen molar-refractivity contribution in [2.24, 2.45) is 5.10 Å². The number of benzene rings is 2. The lowest BCUT2D eigenvalue weighted by Crippen LogP contribution is -2.05. The van der Waals surface area contributed by atoms with Crippen molar-refractivity contribution in [3.05, 3.63) is 78.4 Å². The van der Waals surface area contributed by atoms with Gasteiger partial charge in [-0.25, -0.2) is 4.98 Å². The molecule has 0 aliphatic rings. The maximum absolute atomic E-state index is 12.7. The molecule has 1 heterocycles. The molecule has 0 amide bonds. The number of rotatable bonds is 4. The summed E-state index contributed by atoms with van der Waals surface area (Å²) < 4.78 is 40.0. The molecule has 1 aromatic heterocycles. The molecular weight excluding hydrogens is 329 g/mol. The third kappa shape index (κ3) is 4.06. The predicted octanol–water partition coefficient (Wildman–Crippen LogP) is 4.73. The number of hydrogen-bond donors (Lipinski definition) is 1. The summed E-state index contributed by atoms with van der Waals surface area (Å²) >= 11 is 0. The quantitative estimate of drug-likeness (QED) is 0.549. The number of halogens is 3. The van der Waals surface area contributed by atoms with Crippen molar-refractivity contribution in [3.8, 4) is 5.69 Å². The first kappa shape index (κ1) is 16.8. The van der Waals surface area contributed by atoms with E-state index in [0.717, 1.165) is 23.4 Å². The second-order valence-electron chi connectivity index (χ2n) is 5.40. The molecule has 128 valence electrons. The van der Waals surface area contributed by atoms with Gasteiger partial charge >= 0.3 is 6.18 Å². The van der Waals surface area contributed by atoms with Gasteiger partial charge in [0.15, 0.2) is 0 Å². The van der Waals surface area contributed by atoms with E-state index < -0.39 is 11.7 Å². The van der Waals surface area contributed by atoms with Gasteiger partial charge in [-0.1, -0.05) is 18.2 Å². The van der Waals surface area contributed by atoms with Crippen molar-refractivity contribution in [2.75, 3.05) is 5.43 Å². The van der Waals surface area contributed by atoms with Crippen LogP contribution in [0, 0.1) is 0 Å². The van der Waals surface area contributed by atoms with E-state index in [1.807, 2.05) is 35.0 Å². The minimum absolute atomic E-state index is 0.282. The Kier molecular flexibility index (Phi) is 4.56. The number of anilines is 1. The Hall–Kier alpha value is -3.09. The fourth-order valence-corrected chi connectivity index (χ4v) is 2.26. The molecule has 7 heteroatoms. The first-order valence-electron chi connectivity index (χ1n) is 7.50. The highest BCUT2D eigenvalue weighted by molar-refractivity contribution is 5.99. The van der Waals surface area contributed by atoms with Gasteiger partial charge in [0.05, 0.1) is 23.3 Å². The zero-order valence-electron chi connectivity index (χ0n) is 13.3. The lowest BCUT2D eigenvalue weighted by atomic mass is 10.1. The number of hydrogen-bond acceptors (Lipinski definition) is 3. The van der Waals surface area contributed by atoms with Crippen LogP contribution in [0.1, 0.15) is 18.1 Å². The van der Waals surface area contributed by atoms with Gasteiger partial charge in [-0.05, 0) is 42.8 Å². The van der Waals surface area contributed by atoms with E-state index in [-0.39, 0.29) is 5.69 Å². The summed E-state index contributed by atoms with van der Waals surface area (Å²) in [5.41, 5.74) is 4.72. The van der Waals surface area contributed by atoms with Crippen LogP contribution in [0.3, 0.4) is 0 Å². The SMILES string of the molecule is C/C(=N/Nc1cccc(C(F)(F)F)c1)c1ccc(-n2ccnc2)cc1. The molecule has 0 fully saturated rings. The zero-order valence-corrected chi connectivity index (χ0v) is 13.3. The Morgan fingerprint density at radius 2 is 1.88 bits per heavy atom. The number of aromatic nitrogens is 2. The molecule has 3 rings (SSSR count). The molecule has 0 saturated carbocycles. The smallest absolute Gasteiger partial charge is 0.306 e. The molecular formula is C18H15F3N4. The van der Waals surface area contributed by atoms with Crippen LogP contribution in [0.5, 0.6) is 0 Å². The van der Waals surface area contributed by atoms with Crippen molar-refractivity contribution in [2.45, 2.75) is 13.1 Å². The molecule has 0 aliphatic heterocycles. The van der Waals surface area contributed by atoms with Crippen LogP contribution < -0.4 is 5.43 Å². The van der Waals surface area contributed by atoms with E-state index in [1.165, 1.54) is 12.1 Å². The first-order valence-corrected chi connectivity index (χ1v) is 7.50. The first-order chi connectivity index (χ1) is 11.9. The van der Waals surface area contributed by atoms with E-state index in [0.29, 0.717) is 5.71 Å². The summed E-state index contributed by atoms with van der Waals surface area (Å²) in [6.45, 7) is 1.78. The summed E-state index contributed by atoms with van der Waals surface area (Å²) in [6.07, 6.45) is 0.857. The molecule has 0 bridgehead atoms. The van der Waals surface area contributed by atoms with E-state index in [9.17, 15) is 13.2 Å². The minimum atomic E-state index is -4.38. The number of imidazole rings is 1. The van der Waals surface area contributed by atoms with Crippen LogP contribution in [0.15, 0.2) is 72.4 Å². The Morgan fingerprint density at radius 1 is 1.12 bits per heavy atom. The fourth-order valence-electron chi connectivity index (χ4n) is 2.26. The van der Waals surface area contributed by atoms with Gasteiger partial charge in [-0.15, -0.1) is 0 Å².